The molecule has 0 atom stereocenters. The second-order valence-corrected chi connectivity index (χ2v) is 4.23. The van der Waals surface area contributed by atoms with Crippen molar-refractivity contribution in [1.82, 2.24) is 4.98 Å². The van der Waals surface area contributed by atoms with Gasteiger partial charge in [-0.25, -0.2) is 18.6 Å². The Bertz CT molecular complexity index is 643. The van der Waals surface area contributed by atoms with E-state index < -0.39 is 23.8 Å². The topological polar surface area (TPSA) is 63.3 Å². The predicted octanol–water partition coefficient (Wildman–Crippen LogP) is 4.28. The van der Waals surface area contributed by atoms with Crippen LogP contribution in [0, 0.1) is 0 Å². The Morgan fingerprint density at radius 3 is 2.58 bits per heavy atom. The van der Waals surface area contributed by atoms with Crippen LogP contribution in [0.3, 0.4) is 0 Å². The number of hydrogen-bond acceptors (Lipinski definition) is 3. The number of aromatic nitrogens is 1. The van der Waals surface area contributed by atoms with Gasteiger partial charge < -0.3 is 9.52 Å². The number of rotatable bonds is 3. The Morgan fingerprint density at radius 1 is 1.37 bits per heavy atom. The third-order valence-corrected chi connectivity index (χ3v) is 3.06. The van der Waals surface area contributed by atoms with Crippen molar-refractivity contribution < 1.29 is 23.1 Å². The van der Waals surface area contributed by atoms with Gasteiger partial charge in [0.25, 0.3) is 6.43 Å². The molecule has 0 aliphatic carbocycles. The Balaban J connectivity index is 2.61. The fourth-order valence-electron chi connectivity index (χ4n) is 1.42. The molecule has 19 heavy (non-hydrogen) atoms. The highest BCUT2D eigenvalue weighted by Crippen LogP contribution is 2.35. The summed E-state index contributed by atoms with van der Waals surface area (Å²) >= 11 is 11.7. The Hall–Kier alpha value is -1.66. The van der Waals surface area contributed by atoms with Crippen LogP contribution in [0.4, 0.5) is 8.78 Å². The van der Waals surface area contributed by atoms with E-state index in [1.165, 1.54) is 18.2 Å². The average Bonchev–Trinajstić information content (AvgIpc) is 2.77. The summed E-state index contributed by atoms with van der Waals surface area (Å²) in [5.74, 6) is -2.87. The Kier molecular flexibility index (Phi) is 3.73. The highest BCUT2D eigenvalue weighted by Gasteiger charge is 2.27. The molecule has 0 saturated heterocycles. The first-order chi connectivity index (χ1) is 8.91. The van der Waals surface area contributed by atoms with Crippen LogP contribution in [0.15, 0.2) is 22.6 Å². The van der Waals surface area contributed by atoms with Crippen molar-refractivity contribution in [2.24, 2.45) is 0 Å². The number of halogens is 4. The number of carboxylic acids is 1. The number of carbonyl (C=O) groups is 1. The summed E-state index contributed by atoms with van der Waals surface area (Å²) in [4.78, 5) is 14.3. The minimum Gasteiger partial charge on any atom is -0.475 e. The first-order valence-electron chi connectivity index (χ1n) is 4.88. The molecule has 1 N–H and O–H groups in total. The summed E-state index contributed by atoms with van der Waals surface area (Å²) in [5, 5.41) is 8.99. The molecule has 0 fully saturated rings. The van der Waals surface area contributed by atoms with Crippen LogP contribution in [0.25, 0.3) is 11.5 Å². The molecule has 8 heteroatoms. The van der Waals surface area contributed by atoms with Gasteiger partial charge in [0.15, 0.2) is 5.69 Å². The summed E-state index contributed by atoms with van der Waals surface area (Å²) in [6, 6.07) is 4.43. The molecule has 0 spiro atoms. The largest absolute Gasteiger partial charge is 0.475 e. The molecule has 0 unspecified atom stereocenters. The van der Waals surface area contributed by atoms with E-state index in [0.29, 0.717) is 0 Å². The van der Waals surface area contributed by atoms with Gasteiger partial charge in [0, 0.05) is 0 Å². The average molecular weight is 308 g/mol. The van der Waals surface area contributed by atoms with Crippen LogP contribution < -0.4 is 0 Å². The minimum atomic E-state index is -3.07. The van der Waals surface area contributed by atoms with Gasteiger partial charge in [0.1, 0.15) is 0 Å². The molecule has 4 nitrogen and oxygen atoms in total. The van der Waals surface area contributed by atoms with Gasteiger partial charge in [-0.3, -0.25) is 0 Å². The molecular weight excluding hydrogens is 303 g/mol. The molecule has 0 bridgehead atoms. The summed E-state index contributed by atoms with van der Waals surface area (Å²) in [6.45, 7) is 0. The highest BCUT2D eigenvalue weighted by atomic mass is 35.5. The lowest BCUT2D eigenvalue weighted by Crippen LogP contribution is -1.99. The standard InChI is InChI=1S/C11H5Cl2F2NO3/c12-5-3-1-2-4(6(5)13)10-16-7(9(14)15)8(19-10)11(17)18/h1-3,9H,(H,17,18). The zero-order valence-corrected chi connectivity index (χ0v) is 10.5. The van der Waals surface area contributed by atoms with Crippen LogP contribution in [0.2, 0.25) is 10.0 Å². The molecule has 0 saturated carbocycles. The zero-order chi connectivity index (χ0) is 14.2. The monoisotopic (exact) mass is 307 g/mol. The number of benzene rings is 1. The van der Waals surface area contributed by atoms with Gasteiger partial charge >= 0.3 is 5.97 Å². The van der Waals surface area contributed by atoms with Crippen LogP contribution in [0.5, 0.6) is 0 Å². The second kappa shape index (κ2) is 5.14. The maximum absolute atomic E-state index is 12.7. The summed E-state index contributed by atoms with van der Waals surface area (Å²) in [5.41, 5.74) is -0.804. The van der Waals surface area contributed by atoms with Crippen molar-refractivity contribution in [2.75, 3.05) is 0 Å². The minimum absolute atomic E-state index is 0.0446. The summed E-state index contributed by atoms with van der Waals surface area (Å²) < 4.78 is 30.1. The van der Waals surface area contributed by atoms with Gasteiger partial charge in [0.05, 0.1) is 15.6 Å². The van der Waals surface area contributed by atoms with Gasteiger partial charge in [0.2, 0.25) is 11.7 Å². The molecule has 1 heterocycles. The van der Waals surface area contributed by atoms with E-state index in [1.54, 1.807) is 0 Å². The van der Waals surface area contributed by atoms with E-state index in [0.717, 1.165) is 0 Å². The predicted molar refractivity (Wildman–Crippen MR) is 63.9 cm³/mol. The fourth-order valence-corrected chi connectivity index (χ4v) is 1.80. The fraction of sp³-hybridized carbons (Fsp3) is 0.0909. The second-order valence-electron chi connectivity index (χ2n) is 3.44. The van der Waals surface area contributed by atoms with Crippen molar-refractivity contribution in [3.8, 4) is 11.5 Å². The molecule has 0 radical (unpaired) electrons. The van der Waals surface area contributed by atoms with Gasteiger partial charge in [-0.2, -0.15) is 0 Å². The van der Waals surface area contributed by atoms with Crippen LogP contribution in [-0.4, -0.2) is 16.1 Å². The third kappa shape index (κ3) is 2.54. The van der Waals surface area contributed by atoms with Crippen LogP contribution in [0.1, 0.15) is 22.7 Å². The number of aromatic carboxylic acids is 1. The SMILES string of the molecule is O=C(O)c1oc(-c2cccc(Cl)c2Cl)nc1C(F)F. The first-order valence-corrected chi connectivity index (χ1v) is 5.64. The lowest BCUT2D eigenvalue weighted by molar-refractivity contribution is 0.0647. The van der Waals surface area contributed by atoms with Gasteiger partial charge in [-0.05, 0) is 12.1 Å². The van der Waals surface area contributed by atoms with Gasteiger partial charge in [-0.15, -0.1) is 0 Å². The van der Waals surface area contributed by atoms with E-state index in [1.807, 2.05) is 0 Å². The Labute approximate surface area is 115 Å². The summed E-state index contributed by atoms with van der Waals surface area (Å²) in [6.07, 6.45) is -3.07. The van der Waals surface area contributed by atoms with Crippen molar-refractivity contribution in [3.63, 3.8) is 0 Å². The molecule has 1 aromatic heterocycles. The van der Waals surface area contributed by atoms with Gasteiger partial charge in [-0.1, -0.05) is 29.3 Å². The first kappa shape index (κ1) is 13.8. The summed E-state index contributed by atoms with van der Waals surface area (Å²) in [7, 11) is 0. The molecule has 2 aromatic rings. The quantitative estimate of drug-likeness (QED) is 0.919. The molecule has 1 aromatic carbocycles. The maximum Gasteiger partial charge on any atom is 0.374 e. The van der Waals surface area contributed by atoms with Crippen molar-refractivity contribution in [2.45, 2.75) is 6.43 Å². The molecular formula is C11H5Cl2F2NO3. The lowest BCUT2D eigenvalue weighted by Gasteiger charge is -2.00. The molecule has 0 amide bonds. The van der Waals surface area contributed by atoms with E-state index in [-0.39, 0.29) is 21.5 Å². The molecule has 2 rings (SSSR count). The van der Waals surface area contributed by atoms with E-state index in [4.69, 9.17) is 32.7 Å². The van der Waals surface area contributed by atoms with Crippen LogP contribution >= 0.6 is 23.2 Å². The number of hydrogen-bond donors (Lipinski definition) is 1. The van der Waals surface area contributed by atoms with E-state index >= 15 is 0 Å². The normalized spacial score (nSPS) is 11.0. The zero-order valence-electron chi connectivity index (χ0n) is 9.03. The van der Waals surface area contributed by atoms with E-state index in [2.05, 4.69) is 4.98 Å². The number of alkyl halides is 2. The third-order valence-electron chi connectivity index (χ3n) is 2.24. The molecule has 0 aliphatic rings. The molecule has 100 valence electrons. The lowest BCUT2D eigenvalue weighted by atomic mass is 10.2. The highest BCUT2D eigenvalue weighted by molar-refractivity contribution is 6.43. The number of nitrogens with zero attached hydrogens (tertiary/aromatic N) is 1. The van der Waals surface area contributed by atoms with Crippen molar-refractivity contribution >= 4 is 29.2 Å². The van der Waals surface area contributed by atoms with Crippen LogP contribution in [-0.2, 0) is 0 Å². The number of carboxylic acid groups (broad SMARTS) is 1. The molecule has 0 aliphatic heterocycles. The smallest absolute Gasteiger partial charge is 0.374 e. The van der Waals surface area contributed by atoms with Crippen molar-refractivity contribution in [3.05, 3.63) is 39.7 Å². The van der Waals surface area contributed by atoms with E-state index in [9.17, 15) is 13.6 Å². The maximum atomic E-state index is 12.7. The number of oxazole rings is 1. The Morgan fingerprint density at radius 2 is 2.05 bits per heavy atom. The van der Waals surface area contributed by atoms with Crippen molar-refractivity contribution in [1.29, 1.82) is 0 Å².